The first kappa shape index (κ1) is 16.0. The van der Waals surface area contributed by atoms with Crippen LogP contribution in [0.2, 0.25) is 0 Å². The summed E-state index contributed by atoms with van der Waals surface area (Å²) in [7, 11) is 1.64. The Balaban J connectivity index is 1.98. The summed E-state index contributed by atoms with van der Waals surface area (Å²) in [6, 6.07) is 4.19. The van der Waals surface area contributed by atoms with Crippen LogP contribution in [0, 0.1) is 0 Å². The van der Waals surface area contributed by atoms with Crippen LogP contribution >= 0.6 is 27.3 Å². The first-order valence-corrected chi connectivity index (χ1v) is 8.46. The van der Waals surface area contributed by atoms with Gasteiger partial charge in [0.15, 0.2) is 11.6 Å². The summed E-state index contributed by atoms with van der Waals surface area (Å²) in [6.07, 6.45) is 3.52. The third-order valence-corrected chi connectivity index (χ3v) is 4.53. The van der Waals surface area contributed by atoms with E-state index in [1.165, 1.54) is 4.88 Å². The molecule has 2 aromatic heterocycles. The highest BCUT2D eigenvalue weighted by Crippen LogP contribution is 2.29. The highest BCUT2D eigenvalue weighted by atomic mass is 79.9. The summed E-state index contributed by atoms with van der Waals surface area (Å²) in [5, 5.41) is 6.56. The van der Waals surface area contributed by atoms with E-state index in [0.29, 0.717) is 5.75 Å². The molecule has 0 saturated heterocycles. The summed E-state index contributed by atoms with van der Waals surface area (Å²) < 4.78 is 6.58. The van der Waals surface area contributed by atoms with Crippen LogP contribution in [0.4, 0.5) is 11.6 Å². The lowest BCUT2D eigenvalue weighted by molar-refractivity contribution is 0.414. The molecular weight excluding hydrogens is 352 g/mol. The molecule has 2 aromatic rings. The molecule has 0 aliphatic heterocycles. The van der Waals surface area contributed by atoms with E-state index in [2.05, 4.69) is 55.6 Å². The lowest BCUT2D eigenvalue weighted by atomic mass is 10.3. The van der Waals surface area contributed by atoms with Crippen molar-refractivity contribution in [1.29, 1.82) is 0 Å². The lowest BCUT2D eigenvalue weighted by Gasteiger charge is -2.13. The second-order valence-corrected chi connectivity index (χ2v) is 6.96. The van der Waals surface area contributed by atoms with Crippen LogP contribution in [0.3, 0.4) is 0 Å². The molecule has 0 aliphatic rings. The van der Waals surface area contributed by atoms with Crippen LogP contribution in [0.1, 0.15) is 18.2 Å². The van der Waals surface area contributed by atoms with Gasteiger partial charge in [-0.25, -0.2) is 9.97 Å². The zero-order valence-corrected chi connectivity index (χ0v) is 14.6. The zero-order chi connectivity index (χ0) is 15.1. The molecule has 0 aromatic carbocycles. The molecule has 0 fully saturated rings. The second-order valence-electron chi connectivity index (χ2n) is 4.41. The normalized spacial score (nSPS) is 10.4. The van der Waals surface area contributed by atoms with Gasteiger partial charge in [-0.2, -0.15) is 0 Å². The third kappa shape index (κ3) is 4.57. The van der Waals surface area contributed by atoms with Gasteiger partial charge in [0, 0.05) is 18.0 Å². The lowest BCUT2D eigenvalue weighted by Crippen LogP contribution is -2.10. The van der Waals surface area contributed by atoms with Gasteiger partial charge in [-0.1, -0.05) is 6.92 Å². The Morgan fingerprint density at radius 1 is 1.19 bits per heavy atom. The van der Waals surface area contributed by atoms with Crippen LogP contribution in [0.25, 0.3) is 0 Å². The minimum Gasteiger partial charge on any atom is -0.490 e. The highest BCUT2D eigenvalue weighted by Gasteiger charge is 2.11. The molecule has 0 atom stereocenters. The number of hydrogen-bond donors (Lipinski definition) is 2. The predicted molar refractivity (Wildman–Crippen MR) is 91.6 cm³/mol. The van der Waals surface area contributed by atoms with Crippen LogP contribution in [0.5, 0.6) is 5.75 Å². The van der Waals surface area contributed by atoms with Gasteiger partial charge in [0.1, 0.15) is 6.33 Å². The van der Waals surface area contributed by atoms with E-state index in [1.807, 2.05) is 0 Å². The number of nitrogens with one attached hydrogen (secondary N) is 2. The number of halogens is 1. The molecule has 0 radical (unpaired) electrons. The quantitative estimate of drug-likeness (QED) is 0.740. The van der Waals surface area contributed by atoms with Crippen molar-refractivity contribution in [3.05, 3.63) is 27.1 Å². The molecule has 114 valence electrons. The molecule has 21 heavy (non-hydrogen) atoms. The second kappa shape index (κ2) is 8.19. The average Bonchev–Trinajstić information content (AvgIpc) is 2.90. The van der Waals surface area contributed by atoms with Crippen molar-refractivity contribution in [1.82, 2.24) is 9.97 Å². The Bertz CT molecular complexity index is 576. The van der Waals surface area contributed by atoms with E-state index in [1.54, 1.807) is 24.8 Å². The molecule has 0 aliphatic carbocycles. The van der Waals surface area contributed by atoms with E-state index < -0.39 is 0 Å². The van der Waals surface area contributed by atoms with E-state index in [9.17, 15) is 0 Å². The van der Waals surface area contributed by atoms with Gasteiger partial charge >= 0.3 is 0 Å². The molecule has 5 nitrogen and oxygen atoms in total. The first-order valence-electron chi connectivity index (χ1n) is 6.85. The molecule has 7 heteroatoms. The van der Waals surface area contributed by atoms with E-state index >= 15 is 0 Å². The smallest absolute Gasteiger partial charge is 0.204 e. The standard InChI is InChI=1S/C14H19BrN4OS/c1-3-7-16-13-12(20-2)14(19-9-18-13)17-8-6-10-4-5-11(15)21-10/h4-5,9H,3,6-8H2,1-2H3,(H2,16,17,18,19). The van der Waals surface area contributed by atoms with Gasteiger partial charge in [-0.05, 0) is 40.9 Å². The monoisotopic (exact) mass is 370 g/mol. The number of aromatic nitrogens is 2. The molecule has 0 unspecified atom stereocenters. The van der Waals surface area contributed by atoms with Gasteiger partial charge in [-0.15, -0.1) is 11.3 Å². The number of ether oxygens (including phenoxy) is 1. The summed E-state index contributed by atoms with van der Waals surface area (Å²) in [5.41, 5.74) is 0. The van der Waals surface area contributed by atoms with Gasteiger partial charge in [0.25, 0.3) is 0 Å². The fourth-order valence-corrected chi connectivity index (χ4v) is 3.34. The number of anilines is 2. The van der Waals surface area contributed by atoms with Crippen LogP contribution in [-0.2, 0) is 6.42 Å². The number of rotatable bonds is 8. The van der Waals surface area contributed by atoms with Crippen LogP contribution in [-0.4, -0.2) is 30.2 Å². The maximum atomic E-state index is 5.43. The van der Waals surface area contributed by atoms with Crippen molar-refractivity contribution in [2.75, 3.05) is 30.8 Å². The number of thiophene rings is 1. The first-order chi connectivity index (χ1) is 10.2. The predicted octanol–water partition coefficient (Wildman–Crippen LogP) is 3.79. The van der Waals surface area contributed by atoms with Gasteiger partial charge in [-0.3, -0.25) is 0 Å². The van der Waals surface area contributed by atoms with Gasteiger partial charge in [0.05, 0.1) is 10.9 Å². The van der Waals surface area contributed by atoms with E-state index in [-0.39, 0.29) is 0 Å². The Kier molecular flexibility index (Phi) is 6.25. The van der Waals surface area contributed by atoms with Crippen molar-refractivity contribution in [2.24, 2.45) is 0 Å². The van der Waals surface area contributed by atoms with Crippen molar-refractivity contribution < 1.29 is 4.74 Å². The number of nitrogens with zero attached hydrogens (tertiary/aromatic N) is 2. The van der Waals surface area contributed by atoms with Crippen molar-refractivity contribution in [3.63, 3.8) is 0 Å². The molecule has 0 saturated carbocycles. The minimum absolute atomic E-state index is 0.665. The Hall–Kier alpha value is -1.34. The molecule has 0 spiro atoms. The number of methoxy groups -OCH3 is 1. The van der Waals surface area contributed by atoms with E-state index in [4.69, 9.17) is 4.74 Å². The average molecular weight is 371 g/mol. The highest BCUT2D eigenvalue weighted by molar-refractivity contribution is 9.11. The largest absolute Gasteiger partial charge is 0.490 e. The maximum absolute atomic E-state index is 5.43. The van der Waals surface area contributed by atoms with E-state index in [0.717, 1.165) is 41.4 Å². The fourth-order valence-electron chi connectivity index (χ4n) is 1.85. The topological polar surface area (TPSA) is 59.1 Å². The molecule has 2 heterocycles. The Labute approximate surface area is 137 Å². The summed E-state index contributed by atoms with van der Waals surface area (Å²) in [5.74, 6) is 2.12. The summed E-state index contributed by atoms with van der Waals surface area (Å²) in [6.45, 7) is 3.77. The number of hydrogen-bond acceptors (Lipinski definition) is 6. The Morgan fingerprint density at radius 3 is 2.48 bits per heavy atom. The SMILES string of the molecule is CCCNc1ncnc(NCCc2ccc(Br)s2)c1OC. The molecular formula is C14H19BrN4OS. The molecule has 0 bridgehead atoms. The fraction of sp³-hybridized carbons (Fsp3) is 0.429. The molecule has 2 N–H and O–H groups in total. The zero-order valence-electron chi connectivity index (χ0n) is 12.1. The minimum atomic E-state index is 0.665. The van der Waals surface area contributed by atoms with Gasteiger partial charge in [0.2, 0.25) is 5.75 Å². The summed E-state index contributed by atoms with van der Waals surface area (Å²) >= 11 is 5.22. The van der Waals surface area contributed by atoms with Crippen molar-refractivity contribution in [3.8, 4) is 5.75 Å². The third-order valence-electron chi connectivity index (χ3n) is 2.84. The maximum Gasteiger partial charge on any atom is 0.204 e. The van der Waals surface area contributed by atoms with Crippen LogP contribution in [0.15, 0.2) is 22.2 Å². The molecule has 0 amide bonds. The van der Waals surface area contributed by atoms with Gasteiger partial charge < -0.3 is 15.4 Å². The Morgan fingerprint density at radius 2 is 1.90 bits per heavy atom. The van der Waals surface area contributed by atoms with Crippen LogP contribution < -0.4 is 15.4 Å². The van der Waals surface area contributed by atoms with Crippen molar-refractivity contribution >= 4 is 38.9 Å². The summed E-state index contributed by atoms with van der Waals surface area (Å²) in [4.78, 5) is 9.81. The van der Waals surface area contributed by atoms with Crippen molar-refractivity contribution in [2.45, 2.75) is 19.8 Å². The molecule has 2 rings (SSSR count).